The van der Waals surface area contributed by atoms with Crippen LogP contribution in [0.3, 0.4) is 0 Å². The van der Waals surface area contributed by atoms with Crippen LogP contribution < -0.4 is 0 Å². The number of fused-ring (bicyclic) bond motifs is 1. The number of allylic oxidation sites excluding steroid dienone is 4. The molecule has 0 bridgehead atoms. The molecule has 1 saturated heterocycles. The van der Waals surface area contributed by atoms with Crippen molar-refractivity contribution >= 4 is 17.3 Å². The normalized spacial score (nSPS) is 19.5. The number of nitrogens with zero attached hydrogens (tertiary/aromatic N) is 2. The van der Waals surface area contributed by atoms with Gasteiger partial charge in [-0.1, -0.05) is 17.6 Å². The predicted molar refractivity (Wildman–Crippen MR) is 121 cm³/mol. The number of carbonyl (C=O) groups excluding carboxylic acids is 1. The van der Waals surface area contributed by atoms with Crippen molar-refractivity contribution in [2.75, 3.05) is 13.1 Å². The summed E-state index contributed by atoms with van der Waals surface area (Å²) in [6.07, 6.45) is 10.3. The zero-order valence-electron chi connectivity index (χ0n) is 18.3. The maximum absolute atomic E-state index is 13.2. The van der Waals surface area contributed by atoms with Crippen LogP contribution in [0.4, 0.5) is 5.69 Å². The lowest BCUT2D eigenvalue weighted by Crippen LogP contribution is -2.32. The molecule has 1 aromatic rings. The van der Waals surface area contributed by atoms with E-state index in [1.54, 1.807) is 0 Å². The number of aliphatic imine (C=N–C) groups is 1. The van der Waals surface area contributed by atoms with E-state index in [9.17, 15) is 4.79 Å². The van der Waals surface area contributed by atoms with E-state index in [0.717, 1.165) is 68.7 Å². The summed E-state index contributed by atoms with van der Waals surface area (Å²) in [5, 5.41) is 0. The zero-order chi connectivity index (χ0) is 20.8. The van der Waals surface area contributed by atoms with Gasteiger partial charge >= 0.3 is 0 Å². The Balaban J connectivity index is 1.71. The molecular formula is C25H33N3O. The first kappa shape index (κ1) is 21.2. The fourth-order valence-electron chi connectivity index (χ4n) is 4.38. The minimum absolute atomic E-state index is 0.109. The Morgan fingerprint density at radius 1 is 1.24 bits per heavy atom. The van der Waals surface area contributed by atoms with E-state index in [2.05, 4.69) is 48.7 Å². The van der Waals surface area contributed by atoms with Gasteiger partial charge in [0, 0.05) is 24.5 Å². The van der Waals surface area contributed by atoms with E-state index in [0.29, 0.717) is 11.6 Å². The van der Waals surface area contributed by atoms with E-state index < -0.39 is 0 Å². The van der Waals surface area contributed by atoms with Crippen LogP contribution in [-0.4, -0.2) is 34.6 Å². The number of carbonyl (C=O) groups is 1. The Kier molecular flexibility index (Phi) is 7.14. The molecule has 4 heteroatoms. The van der Waals surface area contributed by atoms with Crippen molar-refractivity contribution in [3.8, 4) is 11.8 Å². The number of rotatable bonds is 3. The number of likely N-dealkylation sites (tertiary alicyclic amines) is 1. The molecule has 0 spiro atoms. The Labute approximate surface area is 175 Å². The number of aromatic nitrogens is 1. The van der Waals surface area contributed by atoms with Gasteiger partial charge in [0.1, 0.15) is 5.69 Å². The molecule has 1 fully saturated rings. The molecule has 154 valence electrons. The van der Waals surface area contributed by atoms with Crippen LogP contribution in [-0.2, 0) is 6.42 Å². The summed E-state index contributed by atoms with van der Waals surface area (Å²) in [5.41, 5.74) is 6.60. The monoisotopic (exact) mass is 391 g/mol. The topological polar surface area (TPSA) is 48.5 Å². The average molecular weight is 392 g/mol. The molecule has 3 rings (SSSR count). The van der Waals surface area contributed by atoms with Gasteiger partial charge in [-0.2, -0.15) is 0 Å². The van der Waals surface area contributed by atoms with Crippen molar-refractivity contribution in [3.05, 3.63) is 40.8 Å². The third kappa shape index (κ3) is 5.29. The molecule has 1 unspecified atom stereocenters. The second kappa shape index (κ2) is 9.78. The first-order valence-corrected chi connectivity index (χ1v) is 10.8. The SMILES string of the molecule is CC#C/C=C\C(=C(C)C)C1CCCN(C(=O)c2cc3c([nH]2)CCCC(C)=N3)CC1. The van der Waals surface area contributed by atoms with Gasteiger partial charge in [0.05, 0.1) is 5.69 Å². The van der Waals surface area contributed by atoms with Crippen molar-refractivity contribution in [2.24, 2.45) is 10.9 Å². The van der Waals surface area contributed by atoms with Gasteiger partial charge in [0.25, 0.3) is 5.91 Å². The molecule has 1 amide bonds. The number of aromatic amines is 1. The largest absolute Gasteiger partial charge is 0.353 e. The van der Waals surface area contributed by atoms with Crippen molar-refractivity contribution in [2.45, 2.75) is 66.2 Å². The fraction of sp³-hybridized carbons (Fsp3) is 0.520. The third-order valence-corrected chi connectivity index (χ3v) is 5.91. The molecule has 2 aliphatic rings. The summed E-state index contributed by atoms with van der Waals surface area (Å²) in [6.45, 7) is 9.87. The summed E-state index contributed by atoms with van der Waals surface area (Å²) in [4.78, 5) is 23.2. The molecule has 29 heavy (non-hydrogen) atoms. The van der Waals surface area contributed by atoms with Crippen LogP contribution in [0.5, 0.6) is 0 Å². The Bertz CT molecular complexity index is 900. The lowest BCUT2D eigenvalue weighted by atomic mass is 9.88. The molecule has 0 saturated carbocycles. The maximum atomic E-state index is 13.2. The Hall–Kier alpha value is -2.54. The van der Waals surface area contributed by atoms with Gasteiger partial charge in [-0.3, -0.25) is 9.79 Å². The minimum Gasteiger partial charge on any atom is -0.353 e. The molecular weight excluding hydrogens is 358 g/mol. The number of aryl methyl sites for hydroxylation is 1. The lowest BCUT2D eigenvalue weighted by molar-refractivity contribution is 0.0755. The quantitative estimate of drug-likeness (QED) is 0.529. The number of hydrogen-bond acceptors (Lipinski definition) is 2. The van der Waals surface area contributed by atoms with Crippen LogP contribution in [0, 0.1) is 17.8 Å². The molecule has 3 heterocycles. The lowest BCUT2D eigenvalue weighted by Gasteiger charge is -2.21. The smallest absolute Gasteiger partial charge is 0.270 e. The minimum atomic E-state index is 0.109. The second-order valence-electron chi connectivity index (χ2n) is 8.35. The summed E-state index contributed by atoms with van der Waals surface area (Å²) in [5.74, 6) is 6.54. The van der Waals surface area contributed by atoms with Gasteiger partial charge < -0.3 is 9.88 Å². The Morgan fingerprint density at radius 2 is 2.07 bits per heavy atom. The average Bonchev–Trinajstić information content (AvgIpc) is 2.84. The highest BCUT2D eigenvalue weighted by Gasteiger charge is 2.25. The summed E-state index contributed by atoms with van der Waals surface area (Å²) in [6, 6.07) is 1.95. The van der Waals surface area contributed by atoms with E-state index in [-0.39, 0.29) is 5.91 Å². The maximum Gasteiger partial charge on any atom is 0.270 e. The van der Waals surface area contributed by atoms with Crippen LogP contribution in [0.2, 0.25) is 0 Å². The van der Waals surface area contributed by atoms with E-state index in [1.807, 2.05) is 24.0 Å². The fourth-order valence-corrected chi connectivity index (χ4v) is 4.38. The number of hydrogen-bond donors (Lipinski definition) is 1. The molecule has 1 atom stereocenters. The number of H-pyrrole nitrogens is 1. The van der Waals surface area contributed by atoms with E-state index in [1.165, 1.54) is 11.1 Å². The molecule has 0 aromatic carbocycles. The van der Waals surface area contributed by atoms with Crippen LogP contribution in [0.15, 0.2) is 34.4 Å². The molecule has 4 nitrogen and oxygen atoms in total. The summed E-state index contributed by atoms with van der Waals surface area (Å²) < 4.78 is 0. The summed E-state index contributed by atoms with van der Waals surface area (Å²) in [7, 11) is 0. The van der Waals surface area contributed by atoms with Gasteiger partial charge in [0.2, 0.25) is 0 Å². The van der Waals surface area contributed by atoms with E-state index in [4.69, 9.17) is 0 Å². The second-order valence-corrected chi connectivity index (χ2v) is 8.35. The molecule has 0 radical (unpaired) electrons. The van der Waals surface area contributed by atoms with Crippen LogP contribution in [0.1, 0.15) is 76.0 Å². The van der Waals surface area contributed by atoms with Crippen molar-refractivity contribution in [1.29, 1.82) is 0 Å². The van der Waals surface area contributed by atoms with Gasteiger partial charge in [-0.25, -0.2) is 0 Å². The van der Waals surface area contributed by atoms with Gasteiger partial charge in [-0.05, 0) is 89.9 Å². The molecule has 0 aliphatic carbocycles. The highest BCUT2D eigenvalue weighted by Crippen LogP contribution is 2.30. The van der Waals surface area contributed by atoms with Gasteiger partial charge in [0.15, 0.2) is 0 Å². The highest BCUT2D eigenvalue weighted by atomic mass is 16.2. The molecule has 1 aromatic heterocycles. The standard InChI is InChI=1S/C25H33N3O/c1-5-6-7-12-21(18(2)3)20-11-9-15-28(16-14-20)25(29)24-17-23-22(27-24)13-8-10-19(4)26-23/h7,12,17,20,27H,8-11,13-16H2,1-4H3/b12-7-. The van der Waals surface area contributed by atoms with Gasteiger partial charge in [-0.15, -0.1) is 5.92 Å². The number of amides is 1. The first-order chi connectivity index (χ1) is 14.0. The third-order valence-electron chi connectivity index (χ3n) is 5.91. The molecule has 2 aliphatic heterocycles. The predicted octanol–water partition coefficient (Wildman–Crippen LogP) is 5.60. The van der Waals surface area contributed by atoms with Crippen molar-refractivity contribution < 1.29 is 4.79 Å². The highest BCUT2D eigenvalue weighted by molar-refractivity contribution is 5.94. The zero-order valence-corrected chi connectivity index (χ0v) is 18.3. The number of nitrogens with one attached hydrogen (secondary N) is 1. The van der Waals surface area contributed by atoms with E-state index >= 15 is 0 Å². The molecule has 1 N–H and O–H groups in total. The van der Waals surface area contributed by atoms with Crippen LogP contribution in [0.25, 0.3) is 0 Å². The summed E-state index contributed by atoms with van der Waals surface area (Å²) >= 11 is 0. The van der Waals surface area contributed by atoms with Crippen molar-refractivity contribution in [3.63, 3.8) is 0 Å². The Morgan fingerprint density at radius 3 is 2.83 bits per heavy atom. The van der Waals surface area contributed by atoms with Crippen LogP contribution >= 0.6 is 0 Å². The van der Waals surface area contributed by atoms with Crippen molar-refractivity contribution in [1.82, 2.24) is 9.88 Å². The first-order valence-electron chi connectivity index (χ1n) is 10.8.